The Balaban J connectivity index is 1.40. The van der Waals surface area contributed by atoms with E-state index >= 15 is 0 Å². The Kier molecular flexibility index (Phi) is 6.40. The number of benzene rings is 3. The van der Waals surface area contributed by atoms with Crippen LogP contribution >= 0.6 is 11.8 Å². The largest absolute Gasteiger partial charge is 0.462 e. The molecule has 0 saturated carbocycles. The molecule has 5 aromatic rings. The number of carbonyl (C=O) groups excluding carboxylic acids is 2. The fraction of sp³-hybridized carbons (Fsp3) is 0.115. The number of thioether (sulfide) groups is 1. The number of amides is 1. The molecule has 0 fully saturated rings. The van der Waals surface area contributed by atoms with Gasteiger partial charge < -0.3 is 15.0 Å². The lowest BCUT2D eigenvalue weighted by molar-refractivity contribution is -0.115. The van der Waals surface area contributed by atoms with Crippen LogP contribution < -0.4 is 5.32 Å². The van der Waals surface area contributed by atoms with Gasteiger partial charge >= 0.3 is 5.97 Å². The van der Waals surface area contributed by atoms with E-state index in [2.05, 4.69) is 25.5 Å². The van der Waals surface area contributed by atoms with Crippen molar-refractivity contribution in [3.05, 3.63) is 90.0 Å². The molecule has 0 aliphatic rings. The highest BCUT2D eigenvalue weighted by molar-refractivity contribution is 8.00. The zero-order valence-electron chi connectivity index (χ0n) is 18.8. The Morgan fingerprint density at radius 3 is 2.49 bits per heavy atom. The number of hydrogen-bond acceptors (Lipinski definition) is 7. The summed E-state index contributed by atoms with van der Waals surface area (Å²) in [7, 11) is 0. The Labute approximate surface area is 205 Å². The SMILES string of the molecule is CCOC(=O)c1ccc(NC(=O)[C@@H](Sc2nnc3c(n2)[nH]c2ccccc23)c2ccccc2)cc1. The predicted octanol–water partition coefficient (Wildman–Crippen LogP) is 5.15. The molecule has 0 saturated heterocycles. The van der Waals surface area contributed by atoms with Gasteiger partial charge in [0.05, 0.1) is 12.2 Å². The fourth-order valence-electron chi connectivity index (χ4n) is 3.67. The first kappa shape index (κ1) is 22.5. The number of rotatable bonds is 7. The second kappa shape index (κ2) is 9.94. The molecule has 5 rings (SSSR count). The van der Waals surface area contributed by atoms with Crippen molar-refractivity contribution >= 4 is 51.4 Å². The Hall–Kier alpha value is -4.24. The number of para-hydroxylation sites is 1. The minimum atomic E-state index is -0.621. The number of anilines is 1. The predicted molar refractivity (Wildman–Crippen MR) is 135 cm³/mol. The third-order valence-electron chi connectivity index (χ3n) is 5.33. The van der Waals surface area contributed by atoms with Crippen LogP contribution in [0.15, 0.2) is 84.0 Å². The van der Waals surface area contributed by atoms with Crippen LogP contribution in [0, 0.1) is 0 Å². The molecule has 0 aliphatic carbocycles. The highest BCUT2D eigenvalue weighted by atomic mass is 32.2. The van der Waals surface area contributed by atoms with Crippen molar-refractivity contribution in [3.63, 3.8) is 0 Å². The second-order valence-corrected chi connectivity index (χ2v) is 8.73. The molecule has 0 aliphatic heterocycles. The molecular formula is C26H21N5O3S. The summed E-state index contributed by atoms with van der Waals surface area (Å²) in [5, 5.41) is 12.3. The van der Waals surface area contributed by atoms with Crippen LogP contribution in [-0.2, 0) is 9.53 Å². The topological polar surface area (TPSA) is 110 Å². The quantitative estimate of drug-likeness (QED) is 0.243. The summed E-state index contributed by atoms with van der Waals surface area (Å²) >= 11 is 1.22. The number of aromatic amines is 1. The van der Waals surface area contributed by atoms with E-state index in [-0.39, 0.29) is 5.91 Å². The van der Waals surface area contributed by atoms with Crippen LogP contribution in [0.3, 0.4) is 0 Å². The van der Waals surface area contributed by atoms with Crippen molar-refractivity contribution in [1.82, 2.24) is 20.2 Å². The van der Waals surface area contributed by atoms with Gasteiger partial charge in [-0.05, 0) is 42.8 Å². The van der Waals surface area contributed by atoms with Gasteiger partial charge in [0.25, 0.3) is 0 Å². The highest BCUT2D eigenvalue weighted by Gasteiger charge is 2.24. The normalized spacial score (nSPS) is 11.9. The number of fused-ring (bicyclic) bond motifs is 3. The molecule has 0 unspecified atom stereocenters. The number of nitrogens with zero attached hydrogens (tertiary/aromatic N) is 3. The lowest BCUT2D eigenvalue weighted by Gasteiger charge is -2.16. The molecule has 8 nitrogen and oxygen atoms in total. The molecule has 1 amide bonds. The molecule has 2 heterocycles. The number of nitrogens with one attached hydrogen (secondary N) is 2. The Morgan fingerprint density at radius 2 is 1.71 bits per heavy atom. The van der Waals surface area contributed by atoms with Crippen molar-refractivity contribution in [2.75, 3.05) is 11.9 Å². The monoisotopic (exact) mass is 483 g/mol. The van der Waals surface area contributed by atoms with E-state index in [1.807, 2.05) is 54.6 Å². The van der Waals surface area contributed by atoms with Crippen LogP contribution in [-0.4, -0.2) is 38.6 Å². The molecule has 174 valence electrons. The average Bonchev–Trinajstić information content (AvgIpc) is 3.26. The number of ether oxygens (including phenoxy) is 1. The first-order chi connectivity index (χ1) is 17.1. The summed E-state index contributed by atoms with van der Waals surface area (Å²) in [4.78, 5) is 33.1. The smallest absolute Gasteiger partial charge is 0.338 e. The van der Waals surface area contributed by atoms with Crippen molar-refractivity contribution in [1.29, 1.82) is 0 Å². The second-order valence-electron chi connectivity index (χ2n) is 7.66. The lowest BCUT2D eigenvalue weighted by Crippen LogP contribution is -2.19. The first-order valence-corrected chi connectivity index (χ1v) is 11.9. The molecule has 1 atom stereocenters. The molecule has 9 heteroatoms. The molecule has 0 radical (unpaired) electrons. The average molecular weight is 484 g/mol. The van der Waals surface area contributed by atoms with Crippen molar-refractivity contribution in [2.24, 2.45) is 0 Å². The maximum Gasteiger partial charge on any atom is 0.338 e. The number of H-pyrrole nitrogens is 1. The van der Waals surface area contributed by atoms with Crippen molar-refractivity contribution in [3.8, 4) is 0 Å². The minimum Gasteiger partial charge on any atom is -0.462 e. The lowest BCUT2D eigenvalue weighted by atomic mass is 10.1. The van der Waals surface area contributed by atoms with Crippen LogP contribution in [0.4, 0.5) is 5.69 Å². The van der Waals surface area contributed by atoms with Crippen LogP contribution in [0.2, 0.25) is 0 Å². The fourth-order valence-corrected chi connectivity index (χ4v) is 4.58. The van der Waals surface area contributed by atoms with Gasteiger partial charge in [-0.25, -0.2) is 9.78 Å². The molecule has 2 N–H and O–H groups in total. The van der Waals surface area contributed by atoms with E-state index in [4.69, 9.17) is 4.74 Å². The number of aromatic nitrogens is 4. The summed E-state index contributed by atoms with van der Waals surface area (Å²) in [6, 6.07) is 23.8. The first-order valence-electron chi connectivity index (χ1n) is 11.0. The maximum absolute atomic E-state index is 13.3. The van der Waals surface area contributed by atoms with Gasteiger partial charge in [0.15, 0.2) is 5.65 Å². The maximum atomic E-state index is 13.3. The highest BCUT2D eigenvalue weighted by Crippen LogP contribution is 2.35. The zero-order valence-corrected chi connectivity index (χ0v) is 19.6. The number of esters is 1. The van der Waals surface area contributed by atoms with Gasteiger partial charge in [-0.3, -0.25) is 4.79 Å². The zero-order chi connectivity index (χ0) is 24.2. The number of carbonyl (C=O) groups is 2. The Morgan fingerprint density at radius 1 is 0.971 bits per heavy atom. The molecular weight excluding hydrogens is 462 g/mol. The van der Waals surface area contributed by atoms with E-state index in [9.17, 15) is 9.59 Å². The minimum absolute atomic E-state index is 0.245. The summed E-state index contributed by atoms with van der Waals surface area (Å²) in [5.41, 5.74) is 4.02. The van der Waals surface area contributed by atoms with Gasteiger partial charge in [-0.1, -0.05) is 60.3 Å². The van der Waals surface area contributed by atoms with E-state index in [0.717, 1.165) is 16.5 Å². The summed E-state index contributed by atoms with van der Waals surface area (Å²) < 4.78 is 5.01. The van der Waals surface area contributed by atoms with Crippen molar-refractivity contribution in [2.45, 2.75) is 17.3 Å². The van der Waals surface area contributed by atoms with E-state index in [1.165, 1.54) is 11.8 Å². The Bertz CT molecular complexity index is 1500. The molecule has 0 bridgehead atoms. The third kappa shape index (κ3) is 4.85. The summed E-state index contributed by atoms with van der Waals surface area (Å²) in [5.74, 6) is -0.648. The summed E-state index contributed by atoms with van der Waals surface area (Å²) in [6.07, 6.45) is 0. The van der Waals surface area contributed by atoms with Crippen LogP contribution in [0.25, 0.3) is 22.1 Å². The molecule has 2 aromatic heterocycles. The van der Waals surface area contributed by atoms with E-state index in [1.54, 1.807) is 31.2 Å². The van der Waals surface area contributed by atoms with E-state index in [0.29, 0.717) is 34.2 Å². The molecule has 35 heavy (non-hydrogen) atoms. The van der Waals surface area contributed by atoms with Crippen molar-refractivity contribution < 1.29 is 14.3 Å². The van der Waals surface area contributed by atoms with E-state index < -0.39 is 11.2 Å². The standard InChI is InChI=1S/C26H21N5O3S/c1-2-34-25(33)17-12-14-18(15-13-17)27-24(32)22(16-8-4-3-5-9-16)35-26-29-23-21(30-31-26)19-10-6-7-11-20(19)28-23/h3-15,22H,2H2,1H3,(H,27,32)(H,28,29,31)/t22-/m0/s1. The summed E-state index contributed by atoms with van der Waals surface area (Å²) in [6.45, 7) is 2.05. The number of hydrogen-bond donors (Lipinski definition) is 2. The van der Waals surface area contributed by atoms with Gasteiger partial charge in [0.1, 0.15) is 10.8 Å². The van der Waals surface area contributed by atoms with Gasteiger partial charge in [-0.15, -0.1) is 10.2 Å². The van der Waals surface area contributed by atoms with Crippen LogP contribution in [0.5, 0.6) is 0 Å². The molecule has 0 spiro atoms. The van der Waals surface area contributed by atoms with Crippen LogP contribution in [0.1, 0.15) is 28.1 Å². The third-order valence-corrected chi connectivity index (χ3v) is 6.44. The van der Waals surface area contributed by atoms with Gasteiger partial charge in [0.2, 0.25) is 11.1 Å². The van der Waals surface area contributed by atoms with Gasteiger partial charge in [-0.2, -0.15) is 0 Å². The molecule has 3 aromatic carbocycles. The van der Waals surface area contributed by atoms with Gasteiger partial charge in [0, 0.05) is 16.6 Å².